The average molecular weight is 174 g/mol. The second kappa shape index (κ2) is 4.21. The van der Waals surface area contributed by atoms with Crippen molar-refractivity contribution in [3.8, 4) is 0 Å². The Kier molecular flexibility index (Phi) is 3.22. The van der Waals surface area contributed by atoms with E-state index in [1.54, 1.807) is 0 Å². The highest BCUT2D eigenvalue weighted by molar-refractivity contribution is 5.09. The van der Waals surface area contributed by atoms with Gasteiger partial charge in [0.05, 0.1) is 6.54 Å². The molecule has 0 saturated carbocycles. The molecule has 1 aromatic heterocycles. The number of rotatable bonds is 4. The van der Waals surface area contributed by atoms with Gasteiger partial charge >= 0.3 is 0 Å². The second-order valence-corrected chi connectivity index (χ2v) is 2.71. The first kappa shape index (κ1) is 9.19. The van der Waals surface area contributed by atoms with Crippen LogP contribution in [-0.4, -0.2) is 17.5 Å². The van der Waals surface area contributed by atoms with Gasteiger partial charge in [0.25, 0.3) is 6.43 Å². The third-order valence-corrected chi connectivity index (χ3v) is 1.52. The Bertz CT molecular complexity index is 233. The van der Waals surface area contributed by atoms with E-state index in [0.717, 1.165) is 5.56 Å². The van der Waals surface area contributed by atoms with Crippen molar-refractivity contribution in [3.63, 3.8) is 0 Å². The van der Waals surface area contributed by atoms with E-state index in [-0.39, 0.29) is 6.54 Å². The Labute approximate surface area is 70.2 Å². The molecule has 0 spiro atoms. The molecule has 2 nitrogen and oxygen atoms in total. The van der Waals surface area contributed by atoms with Crippen LogP contribution in [0.3, 0.4) is 0 Å². The molecule has 0 aliphatic rings. The first-order valence-electron chi connectivity index (χ1n) is 3.78. The molecule has 0 aliphatic carbocycles. The maximum atomic E-state index is 11.7. The van der Waals surface area contributed by atoms with Crippen molar-refractivity contribution in [1.82, 2.24) is 9.88 Å². The van der Waals surface area contributed by atoms with Crippen LogP contribution >= 0.6 is 0 Å². The average Bonchev–Trinajstić information content (AvgIpc) is 2.35. The lowest BCUT2D eigenvalue weighted by molar-refractivity contribution is 0.145. The second-order valence-electron chi connectivity index (χ2n) is 2.71. The van der Waals surface area contributed by atoms with Gasteiger partial charge in [0, 0.05) is 26.0 Å². The molecule has 0 unspecified atom stereocenters. The van der Waals surface area contributed by atoms with E-state index in [1.807, 2.05) is 30.1 Å². The fraction of sp³-hybridized carbons (Fsp3) is 0.500. The molecule has 1 aromatic rings. The summed E-state index contributed by atoms with van der Waals surface area (Å²) < 4.78 is 25.2. The fourth-order valence-corrected chi connectivity index (χ4v) is 0.991. The molecule has 0 bridgehead atoms. The smallest absolute Gasteiger partial charge is 0.250 e. The number of hydrogen-bond acceptors (Lipinski definition) is 1. The van der Waals surface area contributed by atoms with Gasteiger partial charge in [0.2, 0.25) is 0 Å². The molecule has 12 heavy (non-hydrogen) atoms. The third-order valence-electron chi connectivity index (χ3n) is 1.52. The predicted octanol–water partition coefficient (Wildman–Crippen LogP) is 1.38. The number of hydrogen-bond donors (Lipinski definition) is 1. The Morgan fingerprint density at radius 1 is 1.58 bits per heavy atom. The van der Waals surface area contributed by atoms with Crippen molar-refractivity contribution in [2.75, 3.05) is 6.54 Å². The molecular formula is C8H12F2N2. The number of nitrogens with one attached hydrogen (secondary N) is 1. The van der Waals surface area contributed by atoms with Gasteiger partial charge in [-0.25, -0.2) is 8.78 Å². The molecule has 1 heterocycles. The van der Waals surface area contributed by atoms with Gasteiger partial charge in [-0.05, 0) is 11.6 Å². The quantitative estimate of drug-likeness (QED) is 0.729. The van der Waals surface area contributed by atoms with Gasteiger partial charge in [-0.2, -0.15) is 0 Å². The Balaban J connectivity index is 2.24. The monoisotopic (exact) mass is 174 g/mol. The van der Waals surface area contributed by atoms with E-state index in [2.05, 4.69) is 5.32 Å². The minimum Gasteiger partial charge on any atom is -0.357 e. The summed E-state index contributed by atoms with van der Waals surface area (Å²) in [5.74, 6) is 0. The van der Waals surface area contributed by atoms with Crippen molar-refractivity contribution in [1.29, 1.82) is 0 Å². The zero-order valence-electron chi connectivity index (χ0n) is 6.93. The fourth-order valence-electron chi connectivity index (χ4n) is 0.991. The summed E-state index contributed by atoms with van der Waals surface area (Å²) in [4.78, 5) is 0. The Morgan fingerprint density at radius 2 is 2.33 bits per heavy atom. The molecule has 0 amide bonds. The lowest BCUT2D eigenvalue weighted by atomic mass is 10.3. The molecule has 0 fully saturated rings. The normalized spacial score (nSPS) is 11.0. The molecule has 0 radical (unpaired) electrons. The number of nitrogens with zero attached hydrogens (tertiary/aromatic N) is 1. The standard InChI is InChI=1S/C8H12F2N2/c1-12-3-2-7(6-12)4-11-5-8(9)10/h2-3,6,8,11H,4-5H2,1H3. The molecule has 0 aliphatic heterocycles. The molecular weight excluding hydrogens is 162 g/mol. The summed E-state index contributed by atoms with van der Waals surface area (Å²) in [6.07, 6.45) is 1.52. The van der Waals surface area contributed by atoms with Gasteiger partial charge in [-0.15, -0.1) is 0 Å². The third kappa shape index (κ3) is 3.00. The van der Waals surface area contributed by atoms with Crippen molar-refractivity contribution in [2.24, 2.45) is 7.05 Å². The first-order chi connectivity index (χ1) is 5.68. The largest absolute Gasteiger partial charge is 0.357 e. The molecule has 0 aromatic carbocycles. The topological polar surface area (TPSA) is 17.0 Å². The number of aryl methyl sites for hydroxylation is 1. The molecule has 68 valence electrons. The first-order valence-corrected chi connectivity index (χ1v) is 3.78. The zero-order valence-corrected chi connectivity index (χ0v) is 6.93. The highest BCUT2D eigenvalue weighted by Gasteiger charge is 2.00. The molecule has 0 atom stereocenters. The summed E-state index contributed by atoms with van der Waals surface area (Å²) >= 11 is 0. The van der Waals surface area contributed by atoms with Crippen molar-refractivity contribution in [3.05, 3.63) is 24.0 Å². The number of aromatic nitrogens is 1. The van der Waals surface area contributed by atoms with Gasteiger partial charge < -0.3 is 9.88 Å². The van der Waals surface area contributed by atoms with E-state index >= 15 is 0 Å². The van der Waals surface area contributed by atoms with Crippen LogP contribution in [0.1, 0.15) is 5.56 Å². The molecule has 4 heteroatoms. The lowest BCUT2D eigenvalue weighted by Crippen LogP contribution is -2.20. The van der Waals surface area contributed by atoms with Crippen LogP contribution in [0.2, 0.25) is 0 Å². The van der Waals surface area contributed by atoms with Crippen molar-refractivity contribution < 1.29 is 8.78 Å². The minimum absolute atomic E-state index is 0.241. The van der Waals surface area contributed by atoms with E-state index in [1.165, 1.54) is 0 Å². The van der Waals surface area contributed by atoms with E-state index in [9.17, 15) is 8.78 Å². The number of alkyl halides is 2. The molecule has 1 rings (SSSR count). The molecule has 1 N–H and O–H groups in total. The van der Waals surface area contributed by atoms with Crippen LogP contribution in [0.4, 0.5) is 8.78 Å². The maximum absolute atomic E-state index is 11.7. The van der Waals surface area contributed by atoms with Crippen LogP contribution in [0.5, 0.6) is 0 Å². The summed E-state index contributed by atoms with van der Waals surface area (Å²) in [6.45, 7) is 0.264. The Morgan fingerprint density at radius 3 is 2.83 bits per heavy atom. The zero-order chi connectivity index (χ0) is 8.97. The van der Waals surface area contributed by atoms with Gasteiger partial charge in [-0.3, -0.25) is 0 Å². The van der Waals surface area contributed by atoms with Gasteiger partial charge in [0.1, 0.15) is 0 Å². The highest BCUT2D eigenvalue weighted by Crippen LogP contribution is 1.98. The van der Waals surface area contributed by atoms with Crippen LogP contribution < -0.4 is 5.32 Å². The van der Waals surface area contributed by atoms with Crippen LogP contribution in [0, 0.1) is 0 Å². The van der Waals surface area contributed by atoms with Crippen LogP contribution in [-0.2, 0) is 13.6 Å². The van der Waals surface area contributed by atoms with Crippen LogP contribution in [0.25, 0.3) is 0 Å². The molecule has 0 saturated heterocycles. The summed E-state index contributed by atoms with van der Waals surface area (Å²) in [5, 5.41) is 2.65. The summed E-state index contributed by atoms with van der Waals surface area (Å²) in [6, 6.07) is 1.90. The van der Waals surface area contributed by atoms with Crippen molar-refractivity contribution in [2.45, 2.75) is 13.0 Å². The summed E-state index contributed by atoms with van der Waals surface area (Å²) in [7, 11) is 1.90. The van der Waals surface area contributed by atoms with E-state index in [4.69, 9.17) is 0 Å². The van der Waals surface area contributed by atoms with Gasteiger partial charge in [0.15, 0.2) is 0 Å². The van der Waals surface area contributed by atoms with Crippen molar-refractivity contribution >= 4 is 0 Å². The minimum atomic E-state index is -2.27. The summed E-state index contributed by atoms with van der Waals surface area (Å²) in [5.41, 5.74) is 1.03. The Hall–Kier alpha value is -0.900. The highest BCUT2D eigenvalue weighted by atomic mass is 19.3. The van der Waals surface area contributed by atoms with E-state index in [0.29, 0.717) is 6.54 Å². The maximum Gasteiger partial charge on any atom is 0.250 e. The number of halogens is 2. The van der Waals surface area contributed by atoms with Gasteiger partial charge in [-0.1, -0.05) is 0 Å². The SMILES string of the molecule is Cn1ccc(CNCC(F)F)c1. The predicted molar refractivity (Wildman–Crippen MR) is 43.1 cm³/mol. The van der Waals surface area contributed by atoms with Crippen LogP contribution in [0.15, 0.2) is 18.5 Å². The lowest BCUT2D eigenvalue weighted by Gasteiger charge is -2.00. The van der Waals surface area contributed by atoms with E-state index < -0.39 is 6.43 Å².